The number of hydrogen-bond donors (Lipinski definition) is 3. The number of nitrogens with one attached hydrogen (secondary N) is 2. The van der Waals surface area contributed by atoms with Crippen LogP contribution >= 0.6 is 0 Å². The summed E-state index contributed by atoms with van der Waals surface area (Å²) < 4.78 is 1.87. The van der Waals surface area contributed by atoms with Gasteiger partial charge in [0.1, 0.15) is 11.5 Å². The number of imidazole rings is 1. The molecule has 0 spiro atoms. The molecule has 0 aliphatic heterocycles. The molecule has 2 fully saturated rings. The minimum absolute atomic E-state index is 0.187. The molecule has 0 saturated heterocycles. The van der Waals surface area contributed by atoms with Crippen molar-refractivity contribution in [1.82, 2.24) is 25.1 Å². The molecule has 2 aliphatic carbocycles. The number of H-pyrrole nitrogens is 1. The zero-order valence-corrected chi connectivity index (χ0v) is 12.9. The van der Waals surface area contributed by atoms with E-state index in [4.69, 9.17) is 0 Å². The van der Waals surface area contributed by atoms with Gasteiger partial charge in [0, 0.05) is 24.9 Å². The lowest BCUT2D eigenvalue weighted by Gasteiger charge is -2.15. The smallest absolute Gasteiger partial charge is 0.269 e. The predicted molar refractivity (Wildman–Crippen MR) is 82.8 cm³/mol. The molecule has 0 radical (unpaired) electrons. The first kappa shape index (κ1) is 14.4. The van der Waals surface area contributed by atoms with Crippen molar-refractivity contribution in [3.8, 4) is 0 Å². The third-order valence-corrected chi connectivity index (χ3v) is 4.75. The Morgan fingerprint density at radius 1 is 1.43 bits per heavy atom. The van der Waals surface area contributed by atoms with Crippen LogP contribution in [0.1, 0.15) is 47.9 Å². The summed E-state index contributed by atoms with van der Waals surface area (Å²) >= 11 is 0. The highest BCUT2D eigenvalue weighted by Crippen LogP contribution is 2.38. The average molecular weight is 315 g/mol. The second kappa shape index (κ2) is 5.81. The molecule has 0 bridgehead atoms. The fourth-order valence-corrected chi connectivity index (χ4v) is 3.36. The Balaban J connectivity index is 1.35. The van der Waals surface area contributed by atoms with E-state index in [0.717, 1.165) is 31.6 Å². The topological polar surface area (TPSA) is 95.8 Å². The highest BCUT2D eigenvalue weighted by molar-refractivity contribution is 5.92. The van der Waals surface area contributed by atoms with E-state index in [1.54, 1.807) is 12.4 Å². The maximum absolute atomic E-state index is 12.3. The lowest BCUT2D eigenvalue weighted by atomic mass is 10.1. The third-order valence-electron chi connectivity index (χ3n) is 4.75. The normalized spacial score (nSPS) is 27.3. The molecular weight excluding hydrogens is 294 g/mol. The molecule has 2 aliphatic rings. The standard InChI is InChI=1S/C16H21N5O2/c22-14-7-10(9-21-5-1-4-18-21)6-12(14)20-16(23)13-8-17-15(19-13)11-2-3-11/h1,4-5,8,10-12,14,22H,2-3,6-7,9H2,(H,17,19)(H,20,23)/t10?,12-,14-/m1/s1. The molecule has 2 saturated carbocycles. The molecule has 7 heteroatoms. The van der Waals surface area contributed by atoms with Gasteiger partial charge in [0.15, 0.2) is 0 Å². The first-order valence-corrected chi connectivity index (χ1v) is 8.20. The fourth-order valence-electron chi connectivity index (χ4n) is 3.36. The molecule has 3 N–H and O–H groups in total. The van der Waals surface area contributed by atoms with Crippen LogP contribution in [0.4, 0.5) is 0 Å². The molecule has 2 aromatic rings. The minimum Gasteiger partial charge on any atom is -0.391 e. The van der Waals surface area contributed by atoms with Crippen molar-refractivity contribution in [3.63, 3.8) is 0 Å². The van der Waals surface area contributed by atoms with Gasteiger partial charge in [-0.05, 0) is 37.7 Å². The number of carbonyl (C=O) groups excluding carboxylic acids is 1. The van der Waals surface area contributed by atoms with Crippen LogP contribution in [0.5, 0.6) is 0 Å². The largest absolute Gasteiger partial charge is 0.391 e. The molecule has 2 heterocycles. The molecule has 23 heavy (non-hydrogen) atoms. The van der Waals surface area contributed by atoms with E-state index in [2.05, 4.69) is 20.4 Å². The van der Waals surface area contributed by atoms with Gasteiger partial charge in [-0.3, -0.25) is 9.48 Å². The van der Waals surface area contributed by atoms with Crippen LogP contribution in [-0.4, -0.2) is 42.9 Å². The zero-order valence-electron chi connectivity index (χ0n) is 12.9. The number of aromatic nitrogens is 4. The number of nitrogens with zero attached hydrogens (tertiary/aromatic N) is 3. The van der Waals surface area contributed by atoms with Gasteiger partial charge in [-0.1, -0.05) is 0 Å². The summed E-state index contributed by atoms with van der Waals surface area (Å²) in [7, 11) is 0. The Hall–Kier alpha value is -2.15. The number of hydrogen-bond acceptors (Lipinski definition) is 4. The van der Waals surface area contributed by atoms with Crippen LogP contribution in [0.3, 0.4) is 0 Å². The van der Waals surface area contributed by atoms with Gasteiger partial charge in [-0.25, -0.2) is 4.98 Å². The highest BCUT2D eigenvalue weighted by Gasteiger charge is 2.35. The zero-order chi connectivity index (χ0) is 15.8. The van der Waals surface area contributed by atoms with Crippen molar-refractivity contribution < 1.29 is 9.90 Å². The van der Waals surface area contributed by atoms with Gasteiger partial charge < -0.3 is 15.4 Å². The van der Waals surface area contributed by atoms with Gasteiger partial charge >= 0.3 is 0 Å². The molecule has 1 unspecified atom stereocenters. The first-order valence-electron chi connectivity index (χ1n) is 8.20. The number of carbonyl (C=O) groups is 1. The maximum Gasteiger partial charge on any atom is 0.269 e. The number of amides is 1. The Morgan fingerprint density at radius 3 is 3.04 bits per heavy atom. The molecule has 3 atom stereocenters. The summed E-state index contributed by atoms with van der Waals surface area (Å²) in [5.74, 6) is 1.53. The third kappa shape index (κ3) is 3.14. The van der Waals surface area contributed by atoms with E-state index < -0.39 is 6.10 Å². The Bertz CT molecular complexity index is 676. The van der Waals surface area contributed by atoms with Crippen LogP contribution in [0, 0.1) is 5.92 Å². The second-order valence-electron chi connectivity index (χ2n) is 6.67. The van der Waals surface area contributed by atoms with Crippen molar-refractivity contribution in [1.29, 1.82) is 0 Å². The SMILES string of the molecule is O=C(N[C@@H]1CC(Cn2cccn2)C[C@H]1O)c1cnc(C2CC2)[nH]1. The van der Waals surface area contributed by atoms with Gasteiger partial charge in [0.2, 0.25) is 0 Å². The van der Waals surface area contributed by atoms with Crippen LogP contribution in [0.25, 0.3) is 0 Å². The number of aliphatic hydroxyl groups excluding tert-OH is 1. The molecule has 2 aromatic heterocycles. The molecule has 1 amide bonds. The van der Waals surface area contributed by atoms with Crippen LogP contribution < -0.4 is 5.32 Å². The first-order chi connectivity index (χ1) is 11.2. The minimum atomic E-state index is -0.509. The summed E-state index contributed by atoms with van der Waals surface area (Å²) in [4.78, 5) is 19.7. The van der Waals surface area contributed by atoms with Gasteiger partial charge in [-0.15, -0.1) is 0 Å². The monoisotopic (exact) mass is 315 g/mol. The van der Waals surface area contributed by atoms with E-state index in [-0.39, 0.29) is 11.9 Å². The van der Waals surface area contributed by atoms with E-state index in [0.29, 0.717) is 24.0 Å². The van der Waals surface area contributed by atoms with Crippen molar-refractivity contribution in [2.75, 3.05) is 0 Å². The number of aromatic amines is 1. The number of rotatable bonds is 5. The number of aliphatic hydroxyl groups is 1. The summed E-state index contributed by atoms with van der Waals surface area (Å²) in [5.41, 5.74) is 0.481. The highest BCUT2D eigenvalue weighted by atomic mass is 16.3. The molecule has 122 valence electrons. The lowest BCUT2D eigenvalue weighted by Crippen LogP contribution is -2.40. The van der Waals surface area contributed by atoms with Crippen molar-refractivity contribution in [2.45, 2.75) is 50.3 Å². The Morgan fingerprint density at radius 2 is 2.30 bits per heavy atom. The maximum atomic E-state index is 12.3. The van der Waals surface area contributed by atoms with E-state index in [1.165, 1.54) is 0 Å². The molecule has 7 nitrogen and oxygen atoms in total. The van der Waals surface area contributed by atoms with Crippen molar-refractivity contribution in [3.05, 3.63) is 36.2 Å². The fraction of sp³-hybridized carbons (Fsp3) is 0.562. The second-order valence-corrected chi connectivity index (χ2v) is 6.67. The van der Waals surface area contributed by atoms with Gasteiger partial charge in [-0.2, -0.15) is 5.10 Å². The van der Waals surface area contributed by atoms with Gasteiger partial charge in [0.05, 0.1) is 18.3 Å². The van der Waals surface area contributed by atoms with E-state index >= 15 is 0 Å². The van der Waals surface area contributed by atoms with Crippen LogP contribution in [0.15, 0.2) is 24.7 Å². The predicted octanol–water partition coefficient (Wildman–Crippen LogP) is 1.05. The summed E-state index contributed by atoms with van der Waals surface area (Å²) in [6.07, 6.45) is 8.48. The van der Waals surface area contributed by atoms with Gasteiger partial charge in [0.25, 0.3) is 5.91 Å². The molecule has 0 aromatic carbocycles. The van der Waals surface area contributed by atoms with E-state index in [1.807, 2.05) is 16.9 Å². The van der Waals surface area contributed by atoms with Crippen molar-refractivity contribution in [2.24, 2.45) is 5.92 Å². The van der Waals surface area contributed by atoms with Crippen molar-refractivity contribution >= 4 is 5.91 Å². The van der Waals surface area contributed by atoms with Crippen LogP contribution in [0.2, 0.25) is 0 Å². The molecular formula is C16H21N5O2. The Kier molecular flexibility index (Phi) is 3.65. The average Bonchev–Trinajstić information content (AvgIpc) is 2.94. The summed E-state index contributed by atoms with van der Waals surface area (Å²) in [6, 6.07) is 1.68. The lowest BCUT2D eigenvalue weighted by molar-refractivity contribution is 0.0868. The molecule has 4 rings (SSSR count). The summed E-state index contributed by atoms with van der Waals surface area (Å²) in [6.45, 7) is 0.770. The van der Waals surface area contributed by atoms with E-state index in [9.17, 15) is 9.90 Å². The Labute approximate surface area is 134 Å². The summed E-state index contributed by atoms with van der Waals surface area (Å²) in [5, 5.41) is 17.4. The van der Waals surface area contributed by atoms with Crippen LogP contribution in [-0.2, 0) is 6.54 Å². The quantitative estimate of drug-likeness (QED) is 0.768.